The lowest BCUT2D eigenvalue weighted by Crippen LogP contribution is -2.35. The van der Waals surface area contributed by atoms with Gasteiger partial charge in [0, 0.05) is 30.4 Å². The van der Waals surface area contributed by atoms with Gasteiger partial charge in [0.1, 0.15) is 34.3 Å². The van der Waals surface area contributed by atoms with Crippen LogP contribution >= 0.6 is 0 Å². The van der Waals surface area contributed by atoms with Crippen LogP contribution in [0.3, 0.4) is 0 Å². The topological polar surface area (TPSA) is 132 Å². The highest BCUT2D eigenvalue weighted by Crippen LogP contribution is 2.47. The van der Waals surface area contributed by atoms with Gasteiger partial charge in [-0.15, -0.1) is 0 Å². The van der Waals surface area contributed by atoms with E-state index in [1.165, 1.54) is 44.6 Å². The maximum absolute atomic E-state index is 13.1. The van der Waals surface area contributed by atoms with E-state index in [1.54, 1.807) is 36.5 Å². The molecule has 0 atom stereocenters. The van der Waals surface area contributed by atoms with Crippen molar-refractivity contribution in [2.45, 2.75) is 12.8 Å². The molecule has 2 aromatic carbocycles. The van der Waals surface area contributed by atoms with Crippen LogP contribution in [0.2, 0.25) is 0 Å². The van der Waals surface area contributed by atoms with Crippen molar-refractivity contribution in [2.75, 3.05) is 24.8 Å². The molecule has 0 radical (unpaired) electrons. The Hall–Kier alpha value is -5.06. The number of amides is 3. The fraction of sp³-hybridized carbons (Fsp3) is 0.179. The molecule has 0 spiro atoms. The lowest BCUT2D eigenvalue weighted by atomic mass is 10.0. The van der Waals surface area contributed by atoms with Gasteiger partial charge in [0.05, 0.1) is 24.4 Å². The Balaban J connectivity index is 1.29. The molecule has 1 saturated carbocycles. The highest BCUT2D eigenvalue weighted by molar-refractivity contribution is 6.16. The number of carbonyl (C=O) groups excluding carboxylic acids is 3. The molecule has 0 unspecified atom stereocenters. The quantitative estimate of drug-likeness (QED) is 0.290. The Labute approximate surface area is 222 Å². The second kappa shape index (κ2) is 10.4. The van der Waals surface area contributed by atoms with Crippen LogP contribution in [0, 0.1) is 11.2 Å². The number of rotatable bonds is 8. The van der Waals surface area contributed by atoms with Gasteiger partial charge in [-0.05, 0) is 61.4 Å². The maximum Gasteiger partial charge on any atom is 0.254 e. The zero-order chi connectivity index (χ0) is 27.6. The summed E-state index contributed by atoms with van der Waals surface area (Å²) in [5.74, 6) is -0.203. The number of nitrogens with one attached hydrogen (secondary N) is 3. The van der Waals surface area contributed by atoms with Crippen LogP contribution in [0.25, 0.3) is 10.9 Å². The zero-order valence-electron chi connectivity index (χ0n) is 21.1. The summed E-state index contributed by atoms with van der Waals surface area (Å²) in [6, 6.07) is 13.5. The molecule has 198 valence electrons. The average molecular weight is 530 g/mol. The molecule has 3 amide bonds. The van der Waals surface area contributed by atoms with Crippen molar-refractivity contribution in [3.05, 3.63) is 78.4 Å². The lowest BCUT2D eigenvalue weighted by molar-refractivity contribution is -0.131. The number of halogens is 1. The summed E-state index contributed by atoms with van der Waals surface area (Å²) in [7, 11) is 3.00. The van der Waals surface area contributed by atoms with E-state index in [0.29, 0.717) is 52.2 Å². The number of fused-ring (bicyclic) bond motifs is 1. The molecule has 0 saturated heterocycles. The van der Waals surface area contributed by atoms with Gasteiger partial charge in [0.15, 0.2) is 0 Å². The van der Waals surface area contributed by atoms with E-state index in [9.17, 15) is 18.8 Å². The summed E-state index contributed by atoms with van der Waals surface area (Å²) < 4.78 is 24.5. The minimum absolute atomic E-state index is 0.249. The number of pyridine rings is 2. The van der Waals surface area contributed by atoms with Crippen LogP contribution in [-0.4, -0.2) is 41.8 Å². The molecule has 2 heterocycles. The molecule has 1 fully saturated rings. The Morgan fingerprint density at radius 1 is 0.923 bits per heavy atom. The van der Waals surface area contributed by atoms with Crippen LogP contribution in [0.15, 0.2) is 67.0 Å². The Morgan fingerprint density at radius 2 is 1.67 bits per heavy atom. The Bertz CT molecular complexity index is 1570. The van der Waals surface area contributed by atoms with Crippen LogP contribution < -0.4 is 25.4 Å². The van der Waals surface area contributed by atoms with Gasteiger partial charge in [-0.1, -0.05) is 0 Å². The Morgan fingerprint density at radius 3 is 2.31 bits per heavy atom. The first-order chi connectivity index (χ1) is 18.8. The first-order valence-electron chi connectivity index (χ1n) is 12.0. The summed E-state index contributed by atoms with van der Waals surface area (Å²) in [6.07, 6.45) is 3.80. The first-order valence-corrected chi connectivity index (χ1v) is 12.0. The van der Waals surface area contributed by atoms with Crippen molar-refractivity contribution in [3.8, 4) is 17.2 Å². The van der Waals surface area contributed by atoms with E-state index < -0.39 is 23.0 Å². The monoisotopic (exact) mass is 529 g/mol. The van der Waals surface area contributed by atoms with E-state index in [4.69, 9.17) is 9.47 Å². The van der Waals surface area contributed by atoms with Gasteiger partial charge in [-0.2, -0.15) is 0 Å². The smallest absolute Gasteiger partial charge is 0.254 e. The highest BCUT2D eigenvalue weighted by atomic mass is 19.1. The van der Waals surface area contributed by atoms with Crippen LogP contribution in [0.5, 0.6) is 17.2 Å². The zero-order valence-corrected chi connectivity index (χ0v) is 21.1. The summed E-state index contributed by atoms with van der Waals surface area (Å²) in [6.45, 7) is 0. The fourth-order valence-corrected chi connectivity index (χ4v) is 4.06. The SMILES string of the molecule is CNC(=O)c1cc2c(Oc3ccc(NC(=O)C4(C(=O)Nc5ccc(F)cc5)CC4)nc3)ccnc2cc1OC. The second-order valence-corrected chi connectivity index (χ2v) is 8.94. The van der Waals surface area contributed by atoms with E-state index >= 15 is 0 Å². The molecule has 1 aliphatic rings. The van der Waals surface area contributed by atoms with Crippen molar-refractivity contribution < 1.29 is 28.2 Å². The summed E-state index contributed by atoms with van der Waals surface area (Å²) in [4.78, 5) is 46.6. The maximum atomic E-state index is 13.1. The average Bonchev–Trinajstić information content (AvgIpc) is 3.77. The highest BCUT2D eigenvalue weighted by Gasteiger charge is 2.56. The summed E-state index contributed by atoms with van der Waals surface area (Å²) in [5.41, 5.74) is 0.108. The van der Waals surface area contributed by atoms with Crippen molar-refractivity contribution in [1.29, 1.82) is 0 Å². The molecule has 2 aromatic heterocycles. The minimum Gasteiger partial charge on any atom is -0.496 e. The van der Waals surface area contributed by atoms with E-state index in [1.807, 2.05) is 0 Å². The molecular weight excluding hydrogens is 505 g/mol. The molecule has 1 aliphatic carbocycles. The van der Waals surface area contributed by atoms with Gasteiger partial charge in [-0.3, -0.25) is 19.4 Å². The standard InChI is InChI=1S/C28H24FN5O5/c1-30-25(35)20-13-19-21(14-23(20)38-2)31-12-9-22(19)39-18-7-8-24(32-15-18)34-27(37)28(10-11-28)26(36)33-17-5-3-16(29)4-6-17/h3-9,12-15H,10-11H2,1-2H3,(H,30,35)(H,33,36)(H,32,34,37). The molecule has 3 N–H and O–H groups in total. The number of carbonyl (C=O) groups is 3. The Kier molecular flexibility index (Phi) is 6.80. The predicted molar refractivity (Wildman–Crippen MR) is 141 cm³/mol. The molecule has 10 nitrogen and oxygen atoms in total. The molecule has 0 aliphatic heterocycles. The molecule has 39 heavy (non-hydrogen) atoms. The largest absolute Gasteiger partial charge is 0.496 e. The number of benzene rings is 2. The van der Waals surface area contributed by atoms with Gasteiger partial charge in [0.2, 0.25) is 11.8 Å². The third kappa shape index (κ3) is 5.19. The van der Waals surface area contributed by atoms with Crippen LogP contribution in [0.4, 0.5) is 15.9 Å². The number of nitrogens with zero attached hydrogens (tertiary/aromatic N) is 2. The van der Waals surface area contributed by atoms with E-state index in [0.717, 1.165) is 0 Å². The minimum atomic E-state index is -1.20. The van der Waals surface area contributed by atoms with E-state index in [-0.39, 0.29) is 11.7 Å². The van der Waals surface area contributed by atoms with Crippen LogP contribution in [-0.2, 0) is 9.59 Å². The van der Waals surface area contributed by atoms with Gasteiger partial charge in [-0.25, -0.2) is 9.37 Å². The number of hydrogen-bond acceptors (Lipinski definition) is 7. The van der Waals surface area contributed by atoms with Gasteiger partial charge < -0.3 is 25.4 Å². The second-order valence-electron chi connectivity index (χ2n) is 8.94. The number of aromatic nitrogens is 2. The van der Waals surface area contributed by atoms with Crippen molar-refractivity contribution in [3.63, 3.8) is 0 Å². The van der Waals surface area contributed by atoms with Crippen molar-refractivity contribution >= 4 is 40.1 Å². The predicted octanol–water partition coefficient (Wildman–Crippen LogP) is 4.29. The van der Waals surface area contributed by atoms with Gasteiger partial charge in [0.25, 0.3) is 5.91 Å². The third-order valence-corrected chi connectivity index (χ3v) is 6.42. The number of methoxy groups -OCH3 is 1. The number of ether oxygens (including phenoxy) is 2. The van der Waals surface area contributed by atoms with E-state index in [2.05, 4.69) is 25.9 Å². The molecular formula is C28H24FN5O5. The molecule has 11 heteroatoms. The fourth-order valence-electron chi connectivity index (χ4n) is 4.06. The number of anilines is 2. The first kappa shape index (κ1) is 25.6. The summed E-state index contributed by atoms with van der Waals surface area (Å²) >= 11 is 0. The third-order valence-electron chi connectivity index (χ3n) is 6.42. The summed E-state index contributed by atoms with van der Waals surface area (Å²) in [5, 5.41) is 8.53. The van der Waals surface area contributed by atoms with Crippen LogP contribution in [0.1, 0.15) is 23.2 Å². The van der Waals surface area contributed by atoms with Gasteiger partial charge >= 0.3 is 0 Å². The molecule has 0 bridgehead atoms. The molecule has 5 rings (SSSR count). The van der Waals surface area contributed by atoms with Crippen molar-refractivity contribution in [1.82, 2.24) is 15.3 Å². The number of hydrogen-bond donors (Lipinski definition) is 3. The lowest BCUT2D eigenvalue weighted by Gasteiger charge is -2.15. The molecule has 4 aromatic rings. The normalized spacial score (nSPS) is 13.3. The van der Waals surface area contributed by atoms with Crippen molar-refractivity contribution in [2.24, 2.45) is 5.41 Å².